The lowest BCUT2D eigenvalue weighted by atomic mass is 10.1. The Hall–Kier alpha value is -1.52. The van der Waals surface area contributed by atoms with Crippen molar-refractivity contribution in [2.45, 2.75) is 19.5 Å². The topological polar surface area (TPSA) is 41.5 Å². The van der Waals surface area contributed by atoms with Crippen LogP contribution in [0.4, 0.5) is 0 Å². The maximum absolute atomic E-state index is 9.47. The summed E-state index contributed by atoms with van der Waals surface area (Å²) in [5.41, 5.74) is 2.33. The summed E-state index contributed by atoms with van der Waals surface area (Å²) in [5.74, 6) is 1.13. The van der Waals surface area contributed by atoms with E-state index in [1.54, 1.807) is 13.2 Å². The number of benzene rings is 2. The standard InChI is InChI=1S/C16H18BrNO2/c1-11(13-4-6-14(20-2)7-5-13)18-10-12-3-8-16(19)15(17)9-12/h3-9,11,18-19H,10H2,1-2H3/t11-/m1/s1. The Balaban J connectivity index is 1.96. The number of phenols is 1. The zero-order chi connectivity index (χ0) is 14.5. The third-order valence-electron chi connectivity index (χ3n) is 3.24. The van der Waals surface area contributed by atoms with E-state index in [-0.39, 0.29) is 11.8 Å². The van der Waals surface area contributed by atoms with Crippen molar-refractivity contribution in [3.8, 4) is 11.5 Å². The number of ether oxygens (including phenoxy) is 1. The van der Waals surface area contributed by atoms with Crippen molar-refractivity contribution in [2.75, 3.05) is 7.11 Å². The van der Waals surface area contributed by atoms with Gasteiger partial charge in [-0.25, -0.2) is 0 Å². The normalized spacial score (nSPS) is 12.2. The molecule has 2 aromatic carbocycles. The summed E-state index contributed by atoms with van der Waals surface area (Å²) in [7, 11) is 1.67. The molecule has 3 nitrogen and oxygen atoms in total. The van der Waals surface area contributed by atoms with Crippen molar-refractivity contribution >= 4 is 15.9 Å². The summed E-state index contributed by atoms with van der Waals surface area (Å²) in [6, 6.07) is 13.8. The van der Waals surface area contributed by atoms with Crippen LogP contribution in [-0.4, -0.2) is 12.2 Å². The maximum Gasteiger partial charge on any atom is 0.129 e. The van der Waals surface area contributed by atoms with Gasteiger partial charge in [0.2, 0.25) is 0 Å². The van der Waals surface area contributed by atoms with Crippen LogP contribution in [0.3, 0.4) is 0 Å². The van der Waals surface area contributed by atoms with Gasteiger partial charge in [-0.05, 0) is 58.2 Å². The first-order chi connectivity index (χ1) is 9.60. The molecular weight excluding hydrogens is 318 g/mol. The highest BCUT2D eigenvalue weighted by Gasteiger charge is 2.06. The molecular formula is C16H18BrNO2. The highest BCUT2D eigenvalue weighted by Crippen LogP contribution is 2.24. The minimum atomic E-state index is 0.244. The van der Waals surface area contributed by atoms with E-state index in [0.717, 1.165) is 17.9 Å². The number of aromatic hydroxyl groups is 1. The highest BCUT2D eigenvalue weighted by atomic mass is 79.9. The van der Waals surface area contributed by atoms with Gasteiger partial charge in [-0.15, -0.1) is 0 Å². The molecule has 0 bridgehead atoms. The number of nitrogens with one attached hydrogen (secondary N) is 1. The van der Waals surface area contributed by atoms with Crippen molar-refractivity contribution in [1.82, 2.24) is 5.32 Å². The second-order valence-electron chi connectivity index (χ2n) is 4.66. The fraction of sp³-hybridized carbons (Fsp3) is 0.250. The summed E-state index contributed by atoms with van der Waals surface area (Å²) in [6.07, 6.45) is 0. The molecule has 0 unspecified atom stereocenters. The van der Waals surface area contributed by atoms with Crippen molar-refractivity contribution in [1.29, 1.82) is 0 Å². The first kappa shape index (κ1) is 14.9. The van der Waals surface area contributed by atoms with E-state index >= 15 is 0 Å². The predicted octanol–water partition coefficient (Wildman–Crippen LogP) is 4.01. The average molecular weight is 336 g/mol. The quantitative estimate of drug-likeness (QED) is 0.867. The molecule has 2 aromatic rings. The fourth-order valence-corrected chi connectivity index (χ4v) is 2.37. The fourth-order valence-electron chi connectivity index (χ4n) is 1.94. The molecule has 2 rings (SSSR count). The number of methoxy groups -OCH3 is 1. The van der Waals surface area contributed by atoms with Gasteiger partial charge in [-0.1, -0.05) is 18.2 Å². The van der Waals surface area contributed by atoms with Crippen LogP contribution in [0, 0.1) is 0 Å². The van der Waals surface area contributed by atoms with E-state index in [1.807, 2.05) is 24.3 Å². The van der Waals surface area contributed by atoms with Gasteiger partial charge in [0, 0.05) is 12.6 Å². The molecule has 106 valence electrons. The second-order valence-corrected chi connectivity index (χ2v) is 5.52. The van der Waals surface area contributed by atoms with Crippen molar-refractivity contribution in [2.24, 2.45) is 0 Å². The Labute approximate surface area is 127 Å². The van der Waals surface area contributed by atoms with E-state index in [9.17, 15) is 5.11 Å². The van der Waals surface area contributed by atoms with Crippen molar-refractivity contribution < 1.29 is 9.84 Å². The molecule has 2 N–H and O–H groups in total. The van der Waals surface area contributed by atoms with Gasteiger partial charge in [-0.3, -0.25) is 0 Å². The molecule has 0 saturated carbocycles. The minimum Gasteiger partial charge on any atom is -0.507 e. The summed E-state index contributed by atoms with van der Waals surface area (Å²) in [4.78, 5) is 0. The number of rotatable bonds is 5. The van der Waals surface area contributed by atoms with Gasteiger partial charge in [0.15, 0.2) is 0 Å². The molecule has 0 radical (unpaired) electrons. The van der Waals surface area contributed by atoms with Crippen LogP contribution < -0.4 is 10.1 Å². The Bertz CT molecular complexity index is 569. The third kappa shape index (κ3) is 3.74. The molecule has 4 heteroatoms. The van der Waals surface area contributed by atoms with Crippen LogP contribution in [0.2, 0.25) is 0 Å². The number of hydrogen-bond acceptors (Lipinski definition) is 3. The van der Waals surface area contributed by atoms with Crippen LogP contribution in [0.25, 0.3) is 0 Å². The molecule has 0 aliphatic carbocycles. The second kappa shape index (κ2) is 6.77. The van der Waals surface area contributed by atoms with Crippen molar-refractivity contribution in [3.63, 3.8) is 0 Å². The molecule has 0 aliphatic rings. The van der Waals surface area contributed by atoms with Gasteiger partial charge in [0.25, 0.3) is 0 Å². The Morgan fingerprint density at radius 1 is 1.20 bits per heavy atom. The number of halogens is 1. The van der Waals surface area contributed by atoms with E-state index in [2.05, 4.69) is 40.3 Å². The lowest BCUT2D eigenvalue weighted by Crippen LogP contribution is -2.17. The largest absolute Gasteiger partial charge is 0.507 e. The van der Waals surface area contributed by atoms with Gasteiger partial charge in [-0.2, -0.15) is 0 Å². The maximum atomic E-state index is 9.47. The van der Waals surface area contributed by atoms with E-state index in [1.165, 1.54) is 5.56 Å². The van der Waals surface area contributed by atoms with Crippen LogP contribution in [0.5, 0.6) is 11.5 Å². The zero-order valence-corrected chi connectivity index (χ0v) is 13.1. The third-order valence-corrected chi connectivity index (χ3v) is 3.88. The first-order valence-corrected chi connectivity index (χ1v) is 7.24. The molecule has 1 atom stereocenters. The van der Waals surface area contributed by atoms with Crippen LogP contribution >= 0.6 is 15.9 Å². The Morgan fingerprint density at radius 2 is 1.90 bits per heavy atom. The van der Waals surface area contributed by atoms with Gasteiger partial charge < -0.3 is 15.2 Å². The number of phenolic OH excluding ortho intramolecular Hbond substituents is 1. The lowest BCUT2D eigenvalue weighted by Gasteiger charge is -2.15. The van der Waals surface area contributed by atoms with Crippen LogP contribution in [0.1, 0.15) is 24.1 Å². The predicted molar refractivity (Wildman–Crippen MR) is 84.1 cm³/mol. The molecule has 0 heterocycles. The molecule has 0 aliphatic heterocycles. The smallest absolute Gasteiger partial charge is 0.129 e. The molecule has 0 aromatic heterocycles. The summed E-state index contributed by atoms with van der Waals surface area (Å²) in [5, 5.41) is 12.9. The molecule has 0 amide bonds. The molecule has 20 heavy (non-hydrogen) atoms. The molecule has 0 fully saturated rings. The van der Waals surface area contributed by atoms with Crippen LogP contribution in [0.15, 0.2) is 46.9 Å². The van der Waals surface area contributed by atoms with E-state index in [0.29, 0.717) is 4.47 Å². The van der Waals surface area contributed by atoms with Crippen LogP contribution in [-0.2, 0) is 6.54 Å². The molecule has 0 saturated heterocycles. The Morgan fingerprint density at radius 3 is 2.50 bits per heavy atom. The minimum absolute atomic E-state index is 0.244. The number of hydrogen-bond donors (Lipinski definition) is 2. The first-order valence-electron chi connectivity index (χ1n) is 6.45. The zero-order valence-electron chi connectivity index (χ0n) is 11.6. The highest BCUT2D eigenvalue weighted by molar-refractivity contribution is 9.10. The lowest BCUT2D eigenvalue weighted by molar-refractivity contribution is 0.414. The Kier molecular flexibility index (Phi) is 5.04. The van der Waals surface area contributed by atoms with E-state index < -0.39 is 0 Å². The van der Waals surface area contributed by atoms with E-state index in [4.69, 9.17) is 4.74 Å². The monoisotopic (exact) mass is 335 g/mol. The summed E-state index contributed by atoms with van der Waals surface area (Å²) >= 11 is 3.32. The summed E-state index contributed by atoms with van der Waals surface area (Å²) < 4.78 is 5.87. The average Bonchev–Trinajstić information content (AvgIpc) is 2.48. The van der Waals surface area contributed by atoms with Gasteiger partial charge in [0.1, 0.15) is 11.5 Å². The summed E-state index contributed by atoms with van der Waals surface area (Å²) in [6.45, 7) is 2.86. The van der Waals surface area contributed by atoms with Gasteiger partial charge >= 0.3 is 0 Å². The van der Waals surface area contributed by atoms with Crippen molar-refractivity contribution in [3.05, 3.63) is 58.1 Å². The SMILES string of the molecule is COc1ccc([C@@H](C)NCc2ccc(O)c(Br)c2)cc1. The molecule has 0 spiro atoms. The van der Waals surface area contributed by atoms with Gasteiger partial charge in [0.05, 0.1) is 11.6 Å².